The molecule has 4 aromatic rings. The summed E-state index contributed by atoms with van der Waals surface area (Å²) in [6.45, 7) is 3.46. The molecule has 0 radical (unpaired) electrons. The van der Waals surface area contributed by atoms with Crippen molar-refractivity contribution in [3.63, 3.8) is 0 Å². The van der Waals surface area contributed by atoms with Crippen LogP contribution in [0.25, 0.3) is 10.6 Å². The molecule has 0 aliphatic rings. The number of aryl methyl sites for hydroxylation is 1. The van der Waals surface area contributed by atoms with E-state index in [1.807, 2.05) is 60.3 Å². The highest BCUT2D eigenvalue weighted by molar-refractivity contribution is 7.19. The Morgan fingerprint density at radius 2 is 1.82 bits per heavy atom. The normalized spacial score (nSPS) is 10.8. The molecule has 0 amide bonds. The smallest absolute Gasteiger partial charge is 0.183 e. The number of aromatic nitrogens is 4. The van der Waals surface area contributed by atoms with E-state index in [1.54, 1.807) is 30.8 Å². The summed E-state index contributed by atoms with van der Waals surface area (Å²) in [6.07, 6.45) is 5.60. The fraction of sp³-hybridized carbons (Fsp3) is 0.190. The summed E-state index contributed by atoms with van der Waals surface area (Å²) in [5, 5.41) is 9.01. The summed E-state index contributed by atoms with van der Waals surface area (Å²) in [5.41, 5.74) is 4.28. The molecule has 3 aromatic heterocycles. The maximum atomic E-state index is 5.20. The Labute approximate surface area is 167 Å². The van der Waals surface area contributed by atoms with Crippen molar-refractivity contribution in [3.8, 4) is 16.3 Å². The summed E-state index contributed by atoms with van der Waals surface area (Å²) in [4.78, 5) is 9.80. The highest BCUT2D eigenvalue weighted by Gasteiger charge is 2.12. The third-order valence-corrected chi connectivity index (χ3v) is 5.50. The summed E-state index contributed by atoms with van der Waals surface area (Å²) in [5.74, 6) is 0.860. The van der Waals surface area contributed by atoms with E-state index < -0.39 is 0 Å². The van der Waals surface area contributed by atoms with Crippen molar-refractivity contribution in [1.29, 1.82) is 0 Å². The highest BCUT2D eigenvalue weighted by Crippen LogP contribution is 2.32. The van der Waals surface area contributed by atoms with Gasteiger partial charge >= 0.3 is 0 Å². The summed E-state index contributed by atoms with van der Waals surface area (Å²) in [6, 6.07) is 14.1. The van der Waals surface area contributed by atoms with Gasteiger partial charge in [-0.15, -0.1) is 0 Å². The third-order valence-electron chi connectivity index (χ3n) is 4.37. The first-order valence-corrected chi connectivity index (χ1v) is 9.80. The van der Waals surface area contributed by atoms with E-state index >= 15 is 0 Å². The molecule has 3 heterocycles. The molecule has 6 nitrogen and oxygen atoms in total. The number of methoxy groups -OCH3 is 1. The number of nitrogens with one attached hydrogen (secondary N) is 1. The summed E-state index contributed by atoms with van der Waals surface area (Å²) >= 11 is 1.63. The van der Waals surface area contributed by atoms with E-state index in [9.17, 15) is 0 Å². The van der Waals surface area contributed by atoms with E-state index in [1.165, 1.54) is 11.1 Å². The van der Waals surface area contributed by atoms with Gasteiger partial charge in [0.25, 0.3) is 0 Å². The SMILES string of the molecule is COc1ccc(CNc2nc(C)c(-c3ccn(Cc4ccncc4)n3)s2)cc1. The minimum atomic E-state index is 0.715. The second-order valence-electron chi connectivity index (χ2n) is 6.39. The van der Waals surface area contributed by atoms with Gasteiger partial charge in [0, 0.05) is 25.1 Å². The molecule has 7 heteroatoms. The molecule has 0 spiro atoms. The van der Waals surface area contributed by atoms with Crippen LogP contribution in [0.15, 0.2) is 61.1 Å². The van der Waals surface area contributed by atoms with Crippen molar-refractivity contribution < 1.29 is 4.74 Å². The average molecular weight is 392 g/mol. The molecule has 1 aromatic carbocycles. The topological polar surface area (TPSA) is 64.9 Å². The minimum Gasteiger partial charge on any atom is -0.497 e. The Kier molecular flexibility index (Phi) is 5.34. The van der Waals surface area contributed by atoms with Crippen molar-refractivity contribution in [2.24, 2.45) is 0 Å². The number of hydrogen-bond acceptors (Lipinski definition) is 6. The van der Waals surface area contributed by atoms with Crippen LogP contribution in [-0.2, 0) is 13.1 Å². The van der Waals surface area contributed by atoms with E-state index in [4.69, 9.17) is 9.84 Å². The van der Waals surface area contributed by atoms with Crippen molar-refractivity contribution in [2.75, 3.05) is 12.4 Å². The Balaban J connectivity index is 1.44. The minimum absolute atomic E-state index is 0.715. The first-order chi connectivity index (χ1) is 13.7. The lowest BCUT2D eigenvalue weighted by atomic mass is 10.2. The number of anilines is 1. The molecule has 0 saturated heterocycles. The largest absolute Gasteiger partial charge is 0.497 e. The molecule has 0 bridgehead atoms. The van der Waals surface area contributed by atoms with E-state index in [0.29, 0.717) is 6.54 Å². The maximum absolute atomic E-state index is 5.20. The lowest BCUT2D eigenvalue weighted by Gasteiger charge is -2.04. The van der Waals surface area contributed by atoms with Gasteiger partial charge in [0.05, 0.1) is 24.2 Å². The van der Waals surface area contributed by atoms with Crippen molar-refractivity contribution in [3.05, 3.63) is 77.9 Å². The standard InChI is InChI=1S/C21H21N5OS/c1-15-20(19-9-12-26(25-19)14-17-7-10-22-11-8-17)28-21(24-15)23-13-16-3-5-18(27-2)6-4-16/h3-12H,13-14H2,1-2H3,(H,23,24). The molecule has 0 atom stereocenters. The third kappa shape index (κ3) is 4.20. The molecule has 0 fully saturated rings. The van der Waals surface area contributed by atoms with E-state index in [0.717, 1.165) is 33.7 Å². The number of rotatable bonds is 7. The zero-order valence-electron chi connectivity index (χ0n) is 15.8. The number of benzene rings is 1. The Morgan fingerprint density at radius 1 is 1.04 bits per heavy atom. The predicted octanol–water partition coefficient (Wildman–Crippen LogP) is 4.38. The zero-order valence-corrected chi connectivity index (χ0v) is 16.6. The van der Waals surface area contributed by atoms with Crippen molar-refractivity contribution in [1.82, 2.24) is 19.7 Å². The quantitative estimate of drug-likeness (QED) is 0.506. The van der Waals surface area contributed by atoms with Gasteiger partial charge in [-0.25, -0.2) is 4.98 Å². The molecule has 0 aliphatic heterocycles. The van der Waals surface area contributed by atoms with Gasteiger partial charge in [-0.05, 0) is 48.4 Å². The Hall–Kier alpha value is -3.19. The van der Waals surface area contributed by atoms with Crippen LogP contribution in [0, 0.1) is 6.92 Å². The van der Waals surface area contributed by atoms with Gasteiger partial charge in [0.2, 0.25) is 0 Å². The average Bonchev–Trinajstić information content (AvgIpc) is 3.33. The van der Waals surface area contributed by atoms with Crippen LogP contribution in [0.2, 0.25) is 0 Å². The number of ether oxygens (including phenoxy) is 1. The number of nitrogens with zero attached hydrogens (tertiary/aromatic N) is 4. The van der Waals surface area contributed by atoms with Crippen LogP contribution in [-0.4, -0.2) is 26.9 Å². The van der Waals surface area contributed by atoms with Crippen LogP contribution in [0.4, 0.5) is 5.13 Å². The molecule has 0 unspecified atom stereocenters. The lowest BCUT2D eigenvalue weighted by molar-refractivity contribution is 0.414. The summed E-state index contributed by atoms with van der Waals surface area (Å²) in [7, 11) is 1.67. The van der Waals surface area contributed by atoms with Gasteiger partial charge in [0.15, 0.2) is 5.13 Å². The molecule has 28 heavy (non-hydrogen) atoms. The predicted molar refractivity (Wildman–Crippen MR) is 112 cm³/mol. The first-order valence-electron chi connectivity index (χ1n) is 8.98. The van der Waals surface area contributed by atoms with Gasteiger partial charge in [-0.2, -0.15) is 5.10 Å². The van der Waals surface area contributed by atoms with E-state index in [2.05, 4.69) is 15.3 Å². The fourth-order valence-electron chi connectivity index (χ4n) is 2.88. The van der Waals surface area contributed by atoms with Crippen LogP contribution in [0.3, 0.4) is 0 Å². The Bertz CT molecular complexity index is 1040. The molecule has 142 valence electrons. The number of hydrogen-bond donors (Lipinski definition) is 1. The summed E-state index contributed by atoms with van der Waals surface area (Å²) < 4.78 is 7.14. The molecule has 1 N–H and O–H groups in total. The second kappa shape index (κ2) is 8.22. The van der Waals surface area contributed by atoms with Crippen molar-refractivity contribution in [2.45, 2.75) is 20.0 Å². The molecule has 0 aliphatic carbocycles. The van der Waals surface area contributed by atoms with Crippen LogP contribution < -0.4 is 10.1 Å². The monoisotopic (exact) mass is 391 g/mol. The maximum Gasteiger partial charge on any atom is 0.183 e. The first kappa shape index (κ1) is 18.2. The number of thiazole rings is 1. The van der Waals surface area contributed by atoms with Crippen LogP contribution >= 0.6 is 11.3 Å². The van der Waals surface area contributed by atoms with Crippen LogP contribution in [0.1, 0.15) is 16.8 Å². The number of pyridine rings is 1. The van der Waals surface area contributed by atoms with Crippen LogP contribution in [0.5, 0.6) is 5.75 Å². The fourth-order valence-corrected chi connectivity index (χ4v) is 3.80. The molecule has 0 saturated carbocycles. The highest BCUT2D eigenvalue weighted by atomic mass is 32.1. The van der Waals surface area contributed by atoms with Gasteiger partial charge in [0.1, 0.15) is 11.4 Å². The van der Waals surface area contributed by atoms with Gasteiger partial charge in [-0.1, -0.05) is 23.5 Å². The van der Waals surface area contributed by atoms with Crippen molar-refractivity contribution >= 4 is 16.5 Å². The van der Waals surface area contributed by atoms with E-state index in [-0.39, 0.29) is 0 Å². The molecular weight excluding hydrogens is 370 g/mol. The zero-order chi connectivity index (χ0) is 19.3. The Morgan fingerprint density at radius 3 is 2.57 bits per heavy atom. The van der Waals surface area contributed by atoms with Gasteiger partial charge < -0.3 is 10.1 Å². The molecular formula is C21H21N5OS. The van der Waals surface area contributed by atoms with Gasteiger partial charge in [-0.3, -0.25) is 9.67 Å². The second-order valence-corrected chi connectivity index (χ2v) is 7.39. The lowest BCUT2D eigenvalue weighted by Crippen LogP contribution is -2.00. The molecule has 4 rings (SSSR count).